The number of carbonyl (C=O) groups is 4. The van der Waals surface area contributed by atoms with Gasteiger partial charge in [-0.3, -0.25) is 19.2 Å². The number of rotatable bonds is 5. The number of aliphatic hydroxyl groups excluding tert-OH is 2. The third kappa shape index (κ3) is 7.86. The number of hydrogen-bond acceptors (Lipinski definition) is 12. The Balaban J connectivity index is 1.72. The summed E-state index contributed by atoms with van der Waals surface area (Å²) in [6.45, 7) is 16.7. The average molecular weight is 790 g/mol. The van der Waals surface area contributed by atoms with Gasteiger partial charge in [0, 0.05) is 67.2 Å². The first-order valence-corrected chi connectivity index (χ1v) is 19.5. The molecule has 0 saturated carbocycles. The normalized spacial score (nSPS) is 31.5. The molecule has 0 radical (unpaired) electrons. The number of ether oxygens (including phenoxy) is 4. The molecule has 4 heterocycles. The van der Waals surface area contributed by atoms with Crippen LogP contribution in [-0.2, 0) is 23.8 Å². The molecule has 5 bridgehead atoms. The van der Waals surface area contributed by atoms with E-state index in [1.165, 1.54) is 53.2 Å². The molecule has 1 aromatic carbocycles. The quantitative estimate of drug-likeness (QED) is 0.255. The molecule has 0 spiro atoms. The highest BCUT2D eigenvalue weighted by atomic mass is 16.7. The third-order valence-electron chi connectivity index (χ3n) is 11.8. The Morgan fingerprint density at radius 1 is 0.982 bits per heavy atom. The molecule has 9 atom stereocenters. The number of aliphatic imine (C=N–C) groups is 1. The van der Waals surface area contributed by atoms with Gasteiger partial charge in [-0.25, -0.2) is 9.98 Å². The van der Waals surface area contributed by atoms with Crippen molar-refractivity contribution in [2.45, 2.75) is 118 Å². The number of fused-ring (bicyclic) bond motifs is 13. The summed E-state index contributed by atoms with van der Waals surface area (Å²) >= 11 is 0. The SMILES string of the molecule is CCC(CC)c1nc2c([nH]1)C1=NC(=O)/C(C)=C\C=C\[C@@H](C)[C@H](O)[C@@H](C)[C@H](O)[C@@H](C)[C@@H](OC(C)=O)[C@H](C)[C@@H](OC)/C=C/O[C@@]3(C)Oc4c(C)c(O)c(c-2c4C3=O)C1=O. The molecule has 4 N–H and O–H groups in total. The number of esters is 1. The zero-order valence-electron chi connectivity index (χ0n) is 34.5. The van der Waals surface area contributed by atoms with Crippen LogP contribution in [0.2, 0.25) is 0 Å². The summed E-state index contributed by atoms with van der Waals surface area (Å²) in [5.74, 6) is -7.12. The molecule has 1 aliphatic carbocycles. The van der Waals surface area contributed by atoms with Crippen LogP contribution in [0.3, 0.4) is 0 Å². The molecular formula is C43H55N3O11. The number of imidazole rings is 1. The molecule has 2 aromatic rings. The van der Waals surface area contributed by atoms with Gasteiger partial charge in [0.15, 0.2) is 0 Å². The minimum Gasteiger partial charge on any atom is -0.507 e. The van der Waals surface area contributed by atoms with E-state index in [2.05, 4.69) is 9.98 Å². The first kappa shape index (κ1) is 43.2. The Bertz CT molecular complexity index is 2060. The van der Waals surface area contributed by atoms with Gasteiger partial charge in [0.1, 0.15) is 29.1 Å². The number of nitrogens with one attached hydrogen (secondary N) is 1. The van der Waals surface area contributed by atoms with Crippen LogP contribution in [0.1, 0.15) is 119 Å². The average Bonchev–Trinajstić information content (AvgIpc) is 3.72. The smallest absolute Gasteiger partial charge is 0.312 e. The highest BCUT2D eigenvalue weighted by Crippen LogP contribution is 2.52. The summed E-state index contributed by atoms with van der Waals surface area (Å²) in [6.07, 6.45) is 5.14. The number of carbonyl (C=O) groups excluding carboxylic acids is 4. The highest BCUT2D eigenvalue weighted by molar-refractivity contribution is 6.56. The molecule has 6 rings (SSSR count). The lowest BCUT2D eigenvalue weighted by atomic mass is 9.78. The van der Waals surface area contributed by atoms with E-state index < -0.39 is 83.1 Å². The highest BCUT2D eigenvalue weighted by Gasteiger charge is 2.52. The molecule has 4 aliphatic rings. The van der Waals surface area contributed by atoms with E-state index in [0.29, 0.717) is 18.7 Å². The van der Waals surface area contributed by atoms with E-state index in [0.717, 1.165) is 0 Å². The monoisotopic (exact) mass is 789 g/mol. The number of nitrogens with zero attached hydrogens (tertiary/aromatic N) is 2. The van der Waals surface area contributed by atoms with Crippen molar-refractivity contribution >= 4 is 29.2 Å². The van der Waals surface area contributed by atoms with E-state index in [-0.39, 0.29) is 56.6 Å². The first-order chi connectivity index (χ1) is 26.8. The van der Waals surface area contributed by atoms with Crippen molar-refractivity contribution < 1.29 is 53.4 Å². The fraction of sp³-hybridized carbons (Fsp3) is 0.535. The summed E-state index contributed by atoms with van der Waals surface area (Å²) in [5, 5.41) is 34.5. The maximum absolute atomic E-state index is 14.5. The number of phenolic OH excluding ortho intramolecular Hbond substituents is 1. The van der Waals surface area contributed by atoms with Crippen LogP contribution in [0.25, 0.3) is 11.3 Å². The lowest BCUT2D eigenvalue weighted by molar-refractivity contribution is -0.160. The van der Waals surface area contributed by atoms with Crippen LogP contribution in [0.15, 0.2) is 41.1 Å². The molecular weight excluding hydrogens is 734 g/mol. The second-order valence-electron chi connectivity index (χ2n) is 15.6. The molecule has 308 valence electrons. The molecule has 0 fully saturated rings. The Kier molecular flexibility index (Phi) is 12.8. The lowest BCUT2D eigenvalue weighted by Crippen LogP contribution is -2.46. The molecule has 14 nitrogen and oxygen atoms in total. The van der Waals surface area contributed by atoms with Crippen molar-refractivity contribution in [2.75, 3.05) is 7.11 Å². The summed E-state index contributed by atoms with van der Waals surface area (Å²) in [5.41, 5.74) is 0.0781. The predicted molar refractivity (Wildman–Crippen MR) is 211 cm³/mol. The number of allylic oxidation sites excluding steroid dienone is 2. The largest absolute Gasteiger partial charge is 0.507 e. The van der Waals surface area contributed by atoms with Crippen LogP contribution < -0.4 is 4.74 Å². The molecule has 3 aliphatic heterocycles. The van der Waals surface area contributed by atoms with Gasteiger partial charge in [-0.05, 0) is 32.8 Å². The van der Waals surface area contributed by atoms with E-state index in [9.17, 15) is 34.5 Å². The maximum atomic E-state index is 14.5. The number of amides is 1. The van der Waals surface area contributed by atoms with Gasteiger partial charge >= 0.3 is 11.8 Å². The number of benzene rings is 1. The number of ketones is 2. The standard InChI is InChI=1S/C43H55N3O11/c1-12-26(13-2)41-44-31-28-29-36(50)24(8)39-30(28)40(52)43(10,57-39)55-18-17-27(54-11)21(5)38(56-25(9)47)23(7)35(49)22(6)34(48)19(3)15-14-16-20(4)42(53)46-33(37(29)51)32(31)45-41/h14-19,21-23,26-27,34-35,38,48-50H,12-13H2,1-11H3,(H,44,45)/b15-14+,18-17+,20-16-,46-33?/t19-,21-,22-,23-,27+,34+,35+,38+,43+/m1/s1. The maximum Gasteiger partial charge on any atom is 0.312 e. The molecule has 0 saturated heterocycles. The minimum absolute atomic E-state index is 0.00506. The van der Waals surface area contributed by atoms with E-state index in [1.54, 1.807) is 39.8 Å². The number of H-pyrrole nitrogens is 1. The number of aliphatic hydroxyl groups is 2. The van der Waals surface area contributed by atoms with Crippen molar-refractivity contribution in [2.24, 2.45) is 28.7 Å². The van der Waals surface area contributed by atoms with Gasteiger partial charge in [-0.1, -0.05) is 59.8 Å². The third-order valence-corrected chi connectivity index (χ3v) is 11.8. The Morgan fingerprint density at radius 2 is 1.65 bits per heavy atom. The van der Waals surface area contributed by atoms with Crippen LogP contribution in [-0.4, -0.2) is 91.8 Å². The zero-order chi connectivity index (χ0) is 42.3. The fourth-order valence-electron chi connectivity index (χ4n) is 8.03. The van der Waals surface area contributed by atoms with E-state index >= 15 is 0 Å². The fourth-order valence-corrected chi connectivity index (χ4v) is 8.03. The second kappa shape index (κ2) is 16.9. The van der Waals surface area contributed by atoms with Gasteiger partial charge in [-0.2, -0.15) is 0 Å². The number of aromatic nitrogens is 2. The predicted octanol–water partition coefficient (Wildman–Crippen LogP) is 6.06. The number of aromatic amines is 1. The number of methoxy groups -OCH3 is 1. The second-order valence-corrected chi connectivity index (χ2v) is 15.6. The Morgan fingerprint density at radius 3 is 2.26 bits per heavy atom. The number of aromatic hydroxyl groups is 1. The molecule has 1 aromatic heterocycles. The van der Waals surface area contributed by atoms with E-state index in [1.807, 2.05) is 13.8 Å². The number of hydrogen-bond donors (Lipinski definition) is 4. The summed E-state index contributed by atoms with van der Waals surface area (Å²) < 4.78 is 23.8. The van der Waals surface area contributed by atoms with Crippen LogP contribution in [0.4, 0.5) is 0 Å². The van der Waals surface area contributed by atoms with Gasteiger partial charge < -0.3 is 39.3 Å². The number of phenols is 1. The molecule has 0 unspecified atom stereocenters. The van der Waals surface area contributed by atoms with Crippen LogP contribution in [0, 0.1) is 30.6 Å². The van der Waals surface area contributed by atoms with Gasteiger partial charge in [0.05, 0.1) is 47.1 Å². The summed E-state index contributed by atoms with van der Waals surface area (Å²) in [7, 11) is 1.45. The Hall–Kier alpha value is -4.92. The molecule has 1 amide bonds. The van der Waals surface area contributed by atoms with E-state index in [4.69, 9.17) is 23.9 Å². The molecule has 14 heteroatoms. The number of Topliss-reactive ketones (excluding diaryl/α,β-unsaturated/α-hetero) is 2. The van der Waals surface area contributed by atoms with Gasteiger partial charge in [0.25, 0.3) is 11.7 Å². The van der Waals surface area contributed by atoms with Crippen molar-refractivity contribution in [1.29, 1.82) is 0 Å². The molecule has 57 heavy (non-hydrogen) atoms. The van der Waals surface area contributed by atoms with Crippen molar-refractivity contribution in [3.05, 3.63) is 64.3 Å². The summed E-state index contributed by atoms with van der Waals surface area (Å²) in [6, 6.07) is 0. The lowest BCUT2D eigenvalue weighted by Gasteiger charge is -2.38. The Labute approximate surface area is 333 Å². The van der Waals surface area contributed by atoms with Crippen molar-refractivity contribution in [1.82, 2.24) is 9.97 Å². The summed E-state index contributed by atoms with van der Waals surface area (Å²) in [4.78, 5) is 67.3. The van der Waals surface area contributed by atoms with Crippen LogP contribution >= 0.6 is 0 Å². The minimum atomic E-state index is -1.97. The van der Waals surface area contributed by atoms with Gasteiger partial charge in [-0.15, -0.1) is 0 Å². The topological polar surface area (TPSA) is 207 Å². The first-order valence-electron chi connectivity index (χ1n) is 19.5. The zero-order valence-corrected chi connectivity index (χ0v) is 34.5. The van der Waals surface area contributed by atoms with Gasteiger partial charge in [0.2, 0.25) is 5.78 Å². The van der Waals surface area contributed by atoms with Crippen molar-refractivity contribution in [3.63, 3.8) is 0 Å². The van der Waals surface area contributed by atoms with Crippen LogP contribution in [0.5, 0.6) is 11.5 Å². The van der Waals surface area contributed by atoms with Crippen molar-refractivity contribution in [3.8, 4) is 22.8 Å².